The maximum atomic E-state index is 12.2. The Balaban J connectivity index is 3.24. The van der Waals surface area contributed by atoms with Crippen LogP contribution in [0, 0.1) is 0 Å². The Bertz CT molecular complexity index is 347. The van der Waals surface area contributed by atoms with Crippen LogP contribution >= 0.6 is 0 Å². The van der Waals surface area contributed by atoms with Crippen molar-refractivity contribution in [3.05, 3.63) is 17.5 Å². The zero-order chi connectivity index (χ0) is 11.9. The highest BCUT2D eigenvalue weighted by Crippen LogP contribution is 2.34. The van der Waals surface area contributed by atoms with Crippen LogP contribution < -0.4 is 0 Å². The molecule has 0 aromatic carbocycles. The van der Waals surface area contributed by atoms with Gasteiger partial charge in [-0.3, -0.25) is 4.68 Å². The molecule has 0 unspecified atom stereocenters. The third-order valence-electron chi connectivity index (χ3n) is 1.66. The van der Waals surface area contributed by atoms with E-state index in [4.69, 9.17) is 0 Å². The van der Waals surface area contributed by atoms with E-state index in [2.05, 4.69) is 5.10 Å². The van der Waals surface area contributed by atoms with E-state index < -0.39 is 23.7 Å². The molecule has 2 nitrogen and oxygen atoms in total. The largest absolute Gasteiger partial charge is 0.435 e. The van der Waals surface area contributed by atoms with Crippen LogP contribution in [0.3, 0.4) is 0 Å². The van der Waals surface area contributed by atoms with Crippen molar-refractivity contribution in [3.63, 3.8) is 0 Å². The first-order chi connectivity index (χ1) is 6.66. The molecule has 1 aromatic rings. The normalized spacial score (nSPS) is 13.3. The van der Waals surface area contributed by atoms with Gasteiger partial charge in [0.05, 0.1) is 0 Å². The molecule has 1 heterocycles. The van der Waals surface area contributed by atoms with Gasteiger partial charge in [0, 0.05) is 12.6 Å². The number of aryl methyl sites for hydroxylation is 1. The second-order valence-corrected chi connectivity index (χ2v) is 2.73. The number of aromatic nitrogens is 2. The molecule has 0 saturated carbocycles. The van der Waals surface area contributed by atoms with Gasteiger partial charge in [0.1, 0.15) is 5.69 Å². The highest BCUT2D eigenvalue weighted by molar-refractivity contribution is 5.15. The smallest absolute Gasteiger partial charge is 0.260 e. The second kappa shape index (κ2) is 3.42. The van der Waals surface area contributed by atoms with Crippen LogP contribution in [0.5, 0.6) is 0 Å². The third kappa shape index (κ3) is 2.42. The minimum absolute atomic E-state index is 0.00347. The first-order valence-electron chi connectivity index (χ1n) is 3.88. The van der Waals surface area contributed by atoms with Crippen molar-refractivity contribution in [3.8, 4) is 0 Å². The van der Waals surface area contributed by atoms with Crippen LogP contribution in [0.15, 0.2) is 6.07 Å². The van der Waals surface area contributed by atoms with Crippen LogP contribution in [0.1, 0.15) is 18.3 Å². The van der Waals surface area contributed by atoms with Crippen LogP contribution in [0.25, 0.3) is 0 Å². The van der Waals surface area contributed by atoms with Gasteiger partial charge >= 0.3 is 12.4 Å². The van der Waals surface area contributed by atoms with E-state index in [9.17, 15) is 26.3 Å². The molecule has 0 fully saturated rings. The lowest BCUT2D eigenvalue weighted by Gasteiger charge is -2.06. The lowest BCUT2D eigenvalue weighted by atomic mass is 10.3. The summed E-state index contributed by atoms with van der Waals surface area (Å²) in [5.41, 5.74) is -2.92. The molecule has 0 N–H and O–H groups in total. The Morgan fingerprint density at radius 2 is 1.67 bits per heavy atom. The van der Waals surface area contributed by atoms with Crippen molar-refractivity contribution in [1.29, 1.82) is 0 Å². The molecular formula is C7H6F6N2. The Morgan fingerprint density at radius 3 is 1.93 bits per heavy atom. The van der Waals surface area contributed by atoms with Gasteiger partial charge in [-0.2, -0.15) is 31.4 Å². The van der Waals surface area contributed by atoms with Gasteiger partial charge in [0.15, 0.2) is 5.69 Å². The molecular weight excluding hydrogens is 226 g/mol. The predicted molar refractivity (Wildman–Crippen MR) is 37.9 cm³/mol. The summed E-state index contributed by atoms with van der Waals surface area (Å²) in [6, 6.07) is 0.00347. The summed E-state index contributed by atoms with van der Waals surface area (Å²) in [5.74, 6) is 0. The highest BCUT2D eigenvalue weighted by Gasteiger charge is 2.41. The number of halogens is 6. The third-order valence-corrected chi connectivity index (χ3v) is 1.66. The number of hydrogen-bond acceptors (Lipinski definition) is 1. The summed E-state index contributed by atoms with van der Waals surface area (Å²) < 4.78 is 73.1. The quantitative estimate of drug-likeness (QED) is 0.680. The van der Waals surface area contributed by atoms with Crippen molar-refractivity contribution >= 4 is 0 Å². The molecule has 15 heavy (non-hydrogen) atoms. The molecule has 0 amide bonds. The number of nitrogens with zero attached hydrogens (tertiary/aromatic N) is 2. The Labute approximate surface area is 80.5 Å². The minimum Gasteiger partial charge on any atom is -0.260 e. The SMILES string of the molecule is CCn1nc(C(F)(F)F)cc1C(F)(F)F. The van der Waals surface area contributed by atoms with Crippen molar-refractivity contribution in [1.82, 2.24) is 9.78 Å². The Hall–Kier alpha value is -1.21. The average molecular weight is 232 g/mol. The Kier molecular flexibility index (Phi) is 2.71. The van der Waals surface area contributed by atoms with Gasteiger partial charge < -0.3 is 0 Å². The van der Waals surface area contributed by atoms with E-state index in [0.29, 0.717) is 0 Å². The lowest BCUT2D eigenvalue weighted by molar-refractivity contribution is -0.144. The minimum atomic E-state index is -4.86. The van der Waals surface area contributed by atoms with Gasteiger partial charge in [-0.05, 0) is 6.92 Å². The molecule has 1 aromatic heterocycles. The first kappa shape index (κ1) is 11.9. The van der Waals surface area contributed by atoms with E-state index in [-0.39, 0.29) is 17.3 Å². The summed E-state index contributed by atoms with van der Waals surface area (Å²) in [5, 5.41) is 2.84. The number of hydrogen-bond donors (Lipinski definition) is 0. The van der Waals surface area contributed by atoms with Crippen LogP contribution in [-0.4, -0.2) is 9.78 Å². The topological polar surface area (TPSA) is 17.8 Å². The molecule has 0 aliphatic carbocycles. The van der Waals surface area contributed by atoms with Crippen molar-refractivity contribution in [2.24, 2.45) is 0 Å². The Morgan fingerprint density at radius 1 is 1.13 bits per heavy atom. The predicted octanol–water partition coefficient (Wildman–Crippen LogP) is 2.94. The van der Waals surface area contributed by atoms with E-state index >= 15 is 0 Å². The van der Waals surface area contributed by atoms with Crippen molar-refractivity contribution in [2.45, 2.75) is 25.8 Å². The fourth-order valence-electron chi connectivity index (χ4n) is 1.02. The van der Waals surface area contributed by atoms with Crippen LogP contribution in [-0.2, 0) is 18.9 Å². The van der Waals surface area contributed by atoms with Gasteiger partial charge in [0.25, 0.3) is 0 Å². The molecule has 0 bridgehead atoms. The van der Waals surface area contributed by atoms with Gasteiger partial charge in [-0.25, -0.2) is 0 Å². The lowest BCUT2D eigenvalue weighted by Crippen LogP contribution is -2.13. The molecule has 1 rings (SSSR count). The van der Waals surface area contributed by atoms with E-state index in [1.165, 1.54) is 6.92 Å². The summed E-state index contributed by atoms with van der Waals surface area (Å²) in [6.07, 6.45) is -9.69. The maximum Gasteiger partial charge on any atom is 0.435 e. The van der Waals surface area contributed by atoms with Gasteiger partial charge in [-0.15, -0.1) is 0 Å². The summed E-state index contributed by atoms with van der Waals surface area (Å²) >= 11 is 0. The summed E-state index contributed by atoms with van der Waals surface area (Å²) in [6.45, 7) is 1.01. The zero-order valence-corrected chi connectivity index (χ0v) is 7.45. The number of alkyl halides is 6. The molecule has 0 atom stereocenters. The average Bonchev–Trinajstić information content (AvgIpc) is 2.44. The second-order valence-electron chi connectivity index (χ2n) is 2.73. The van der Waals surface area contributed by atoms with Crippen molar-refractivity contribution in [2.75, 3.05) is 0 Å². The number of rotatable bonds is 1. The molecule has 0 aliphatic rings. The van der Waals surface area contributed by atoms with Crippen LogP contribution in [0.4, 0.5) is 26.3 Å². The standard InChI is InChI=1S/C7H6F6N2/c1-2-15-5(7(11,12)13)3-4(14-15)6(8,9)10/h3H,2H2,1H3. The molecule has 0 saturated heterocycles. The molecule has 86 valence electrons. The highest BCUT2D eigenvalue weighted by atomic mass is 19.4. The zero-order valence-electron chi connectivity index (χ0n) is 7.45. The summed E-state index contributed by atoms with van der Waals surface area (Å²) in [7, 11) is 0. The van der Waals surface area contributed by atoms with Gasteiger partial charge in [0.2, 0.25) is 0 Å². The maximum absolute atomic E-state index is 12.2. The molecule has 0 radical (unpaired) electrons. The fourth-order valence-corrected chi connectivity index (χ4v) is 1.02. The summed E-state index contributed by atoms with van der Waals surface area (Å²) in [4.78, 5) is 0. The fraction of sp³-hybridized carbons (Fsp3) is 0.571. The molecule has 0 aliphatic heterocycles. The van der Waals surface area contributed by atoms with E-state index in [1.54, 1.807) is 0 Å². The molecule has 0 spiro atoms. The van der Waals surface area contributed by atoms with E-state index in [0.717, 1.165) is 0 Å². The molecule has 8 heteroatoms. The van der Waals surface area contributed by atoms with Crippen molar-refractivity contribution < 1.29 is 26.3 Å². The first-order valence-corrected chi connectivity index (χ1v) is 3.88. The monoisotopic (exact) mass is 232 g/mol. The van der Waals surface area contributed by atoms with Crippen LogP contribution in [0.2, 0.25) is 0 Å². The van der Waals surface area contributed by atoms with E-state index in [1.807, 2.05) is 0 Å². The van der Waals surface area contributed by atoms with Gasteiger partial charge in [-0.1, -0.05) is 0 Å².